The van der Waals surface area contributed by atoms with Crippen LogP contribution in [-0.2, 0) is 35.2 Å². The van der Waals surface area contributed by atoms with Crippen LogP contribution in [0.4, 0.5) is 0 Å². The van der Waals surface area contributed by atoms with Crippen LogP contribution in [0, 0.1) is 23.7 Å². The summed E-state index contributed by atoms with van der Waals surface area (Å²) in [5.74, 6) is -3.11. The molecule has 0 aliphatic carbocycles. The number of hydrogen-bond acceptors (Lipinski definition) is 6. The molecular weight excluding hydrogens is 636 g/mol. The number of carbonyl (C=O) groups excluding carboxylic acids is 6. The Bertz CT molecular complexity index is 1330. The van der Waals surface area contributed by atoms with Crippen LogP contribution in [0.15, 0.2) is 30.3 Å². The van der Waals surface area contributed by atoms with Gasteiger partial charge in [0, 0.05) is 13.0 Å². The molecule has 0 radical (unpaired) electrons. The van der Waals surface area contributed by atoms with Gasteiger partial charge in [0.15, 0.2) is 0 Å². The molecule has 5 N–H and O–H groups in total. The number of rotatable bonds is 10. The van der Waals surface area contributed by atoms with Gasteiger partial charge in [0.05, 0.1) is 0 Å². The molecule has 1 aromatic rings. The van der Waals surface area contributed by atoms with Crippen LogP contribution in [0.1, 0.15) is 99.5 Å². The highest BCUT2D eigenvalue weighted by atomic mass is 16.2. The summed E-state index contributed by atoms with van der Waals surface area (Å²) in [5.41, 5.74) is 0.821. The summed E-state index contributed by atoms with van der Waals surface area (Å²) in [4.78, 5) is 85.4. The van der Waals surface area contributed by atoms with Gasteiger partial charge >= 0.3 is 0 Å². The second kappa shape index (κ2) is 18.9. The van der Waals surface area contributed by atoms with Crippen molar-refractivity contribution in [3.63, 3.8) is 0 Å². The van der Waals surface area contributed by atoms with Crippen molar-refractivity contribution in [3.05, 3.63) is 35.9 Å². The number of hydrogen-bond donors (Lipinski definition) is 5. The van der Waals surface area contributed by atoms with E-state index in [0.29, 0.717) is 45.1 Å². The highest BCUT2D eigenvalue weighted by molar-refractivity contribution is 5.98. The molecule has 6 amide bonds. The molecule has 2 saturated heterocycles. The van der Waals surface area contributed by atoms with Crippen LogP contribution in [0.3, 0.4) is 0 Å². The van der Waals surface area contributed by atoms with E-state index in [4.69, 9.17) is 0 Å². The molecular formula is C38H60N6O6. The van der Waals surface area contributed by atoms with Crippen molar-refractivity contribution >= 4 is 35.4 Å². The third-order valence-electron chi connectivity index (χ3n) is 9.55. The maximum Gasteiger partial charge on any atom is 0.246 e. The number of fused-ring (bicyclic) bond motifs is 1. The van der Waals surface area contributed by atoms with E-state index < -0.39 is 71.7 Å². The summed E-state index contributed by atoms with van der Waals surface area (Å²) in [6, 6.07) is 3.56. The van der Waals surface area contributed by atoms with E-state index in [1.807, 2.05) is 85.7 Å². The molecule has 1 aromatic carbocycles. The average molecular weight is 697 g/mol. The average Bonchev–Trinajstić information content (AvgIpc) is 3.55. The van der Waals surface area contributed by atoms with Gasteiger partial charge in [0.1, 0.15) is 36.3 Å². The second-order valence-corrected chi connectivity index (χ2v) is 15.4. The van der Waals surface area contributed by atoms with Crippen molar-refractivity contribution in [2.75, 3.05) is 6.54 Å². The van der Waals surface area contributed by atoms with E-state index in [2.05, 4.69) is 26.6 Å². The number of nitrogens with zero attached hydrogens (tertiary/aromatic N) is 1. The standard InChI is InChI=1S/C38H60N6O6/c1-9-25(8)32-37(49)41-28(19-23(4)5)34(46)42-30(21-26-14-11-10-12-15-26)38(50)44-17-13-16-31(44)36(48)40-27(18-22(2)3)33(45)39-29(20-24(6)7)35(47)43-32/h10-12,14-15,22-25,27-32H,9,13,16-21H2,1-8H3,(H,39,45)(H,40,48)(H,41,49)(H,42,46)(H,43,47)/t25-,27-,28-,29+,30+,31-,32-/m0/s1. The number of benzene rings is 1. The van der Waals surface area contributed by atoms with E-state index in [0.717, 1.165) is 5.56 Å². The van der Waals surface area contributed by atoms with Crippen molar-refractivity contribution < 1.29 is 28.8 Å². The van der Waals surface area contributed by atoms with Crippen LogP contribution in [0.5, 0.6) is 0 Å². The number of amides is 6. The summed E-state index contributed by atoms with van der Waals surface area (Å²) in [6.45, 7) is 15.7. The minimum atomic E-state index is -1.01. The van der Waals surface area contributed by atoms with E-state index in [1.54, 1.807) is 0 Å². The Labute approximate surface area is 298 Å². The molecule has 7 atom stereocenters. The Morgan fingerprint density at radius 2 is 1.08 bits per heavy atom. The first-order chi connectivity index (χ1) is 23.6. The lowest BCUT2D eigenvalue weighted by Gasteiger charge is -2.33. The van der Waals surface area contributed by atoms with Gasteiger partial charge < -0.3 is 31.5 Å². The van der Waals surface area contributed by atoms with Crippen LogP contribution in [-0.4, -0.2) is 83.1 Å². The van der Waals surface area contributed by atoms with Crippen LogP contribution >= 0.6 is 0 Å². The van der Waals surface area contributed by atoms with Crippen LogP contribution in [0.25, 0.3) is 0 Å². The minimum Gasteiger partial charge on any atom is -0.343 e. The molecule has 3 rings (SSSR count). The molecule has 50 heavy (non-hydrogen) atoms. The molecule has 0 saturated carbocycles. The predicted octanol–water partition coefficient (Wildman–Crippen LogP) is 2.84. The van der Waals surface area contributed by atoms with Gasteiger partial charge in [-0.2, -0.15) is 0 Å². The second-order valence-electron chi connectivity index (χ2n) is 15.4. The lowest BCUT2D eigenvalue weighted by molar-refractivity contribution is -0.143. The molecule has 2 fully saturated rings. The van der Waals surface area contributed by atoms with Gasteiger partial charge in [-0.25, -0.2) is 0 Å². The Morgan fingerprint density at radius 3 is 1.58 bits per heavy atom. The van der Waals surface area contributed by atoms with Gasteiger partial charge in [-0.05, 0) is 61.3 Å². The number of carbonyl (C=O) groups is 6. The summed E-state index contributed by atoms with van der Waals surface area (Å²) < 4.78 is 0. The maximum atomic E-state index is 14.3. The smallest absolute Gasteiger partial charge is 0.246 e. The fourth-order valence-corrected chi connectivity index (χ4v) is 6.69. The lowest BCUT2D eigenvalue weighted by Crippen LogP contribution is -2.62. The van der Waals surface area contributed by atoms with Gasteiger partial charge in [0.2, 0.25) is 35.4 Å². The van der Waals surface area contributed by atoms with Crippen molar-refractivity contribution in [3.8, 4) is 0 Å². The van der Waals surface area contributed by atoms with Crippen LogP contribution in [0.2, 0.25) is 0 Å². The third-order valence-corrected chi connectivity index (χ3v) is 9.55. The molecule has 0 bridgehead atoms. The Kier molecular flexibility index (Phi) is 15.3. The zero-order chi connectivity index (χ0) is 37.1. The maximum absolute atomic E-state index is 14.3. The van der Waals surface area contributed by atoms with Gasteiger partial charge in [-0.15, -0.1) is 0 Å². The summed E-state index contributed by atoms with van der Waals surface area (Å²) in [5, 5.41) is 14.5. The summed E-state index contributed by atoms with van der Waals surface area (Å²) in [6.07, 6.45) is 2.64. The summed E-state index contributed by atoms with van der Waals surface area (Å²) in [7, 11) is 0. The van der Waals surface area contributed by atoms with Crippen molar-refractivity contribution in [2.24, 2.45) is 23.7 Å². The fraction of sp³-hybridized carbons (Fsp3) is 0.684. The first-order valence-corrected chi connectivity index (χ1v) is 18.5. The monoisotopic (exact) mass is 696 g/mol. The highest BCUT2D eigenvalue weighted by Gasteiger charge is 2.41. The Balaban J connectivity index is 2.11. The topological polar surface area (TPSA) is 166 Å². The zero-order valence-corrected chi connectivity index (χ0v) is 31.2. The molecule has 0 unspecified atom stereocenters. The van der Waals surface area contributed by atoms with Gasteiger partial charge in [-0.1, -0.05) is 92.1 Å². The van der Waals surface area contributed by atoms with E-state index in [-0.39, 0.29) is 30.1 Å². The third kappa shape index (κ3) is 11.6. The van der Waals surface area contributed by atoms with Crippen LogP contribution < -0.4 is 26.6 Å². The zero-order valence-electron chi connectivity index (χ0n) is 31.2. The van der Waals surface area contributed by atoms with Crippen molar-refractivity contribution in [2.45, 2.75) is 137 Å². The Hall–Kier alpha value is -3.96. The molecule has 2 heterocycles. The molecule has 2 aliphatic rings. The van der Waals surface area contributed by atoms with Crippen molar-refractivity contribution in [1.82, 2.24) is 31.5 Å². The highest BCUT2D eigenvalue weighted by Crippen LogP contribution is 2.21. The first-order valence-electron chi connectivity index (χ1n) is 18.5. The normalized spacial score (nSPS) is 26.8. The minimum absolute atomic E-state index is 0.0138. The fourth-order valence-electron chi connectivity index (χ4n) is 6.69. The van der Waals surface area contributed by atoms with Crippen molar-refractivity contribution in [1.29, 1.82) is 0 Å². The SMILES string of the molecule is CC[C@H](C)[C@@H]1NC(=O)[C@@H](CC(C)C)NC(=O)[C@H](CC(C)C)NC(=O)[C@@H]2CCCN2C(=O)[C@@H](Cc2ccccc2)NC(=O)[C@H](CC(C)C)NC1=O. The summed E-state index contributed by atoms with van der Waals surface area (Å²) >= 11 is 0. The predicted molar refractivity (Wildman–Crippen MR) is 192 cm³/mol. The molecule has 0 aromatic heterocycles. The molecule has 2 aliphatic heterocycles. The lowest BCUT2D eigenvalue weighted by atomic mass is 9.95. The van der Waals surface area contributed by atoms with Gasteiger partial charge in [-0.3, -0.25) is 28.8 Å². The molecule has 278 valence electrons. The number of nitrogens with one attached hydrogen (secondary N) is 5. The molecule has 0 spiro atoms. The largest absolute Gasteiger partial charge is 0.343 e. The molecule has 12 heteroatoms. The molecule has 12 nitrogen and oxygen atoms in total. The van der Waals surface area contributed by atoms with Gasteiger partial charge in [0.25, 0.3) is 0 Å². The Morgan fingerprint density at radius 1 is 0.620 bits per heavy atom. The van der Waals surface area contributed by atoms with E-state index in [9.17, 15) is 28.8 Å². The van der Waals surface area contributed by atoms with E-state index >= 15 is 0 Å². The van der Waals surface area contributed by atoms with E-state index in [1.165, 1.54) is 4.90 Å². The first kappa shape index (κ1) is 40.5. The quantitative estimate of drug-likeness (QED) is 0.253.